The molecule has 1 saturated heterocycles. The Morgan fingerprint density at radius 3 is 2.56 bits per heavy atom. The number of nitrogens with one attached hydrogen (secondary N) is 2. The second kappa shape index (κ2) is 8.13. The summed E-state index contributed by atoms with van der Waals surface area (Å²) in [5.41, 5.74) is 2.95. The normalized spacial score (nSPS) is 16.4. The average molecular weight is 403 g/mol. The standard InChI is InChI=1S/C20H23BrN2O2/c1-15-5-7-18(8-6-15)23-19(24)14-22-20(9-11-25-12-10-20)16-3-2-4-17(21)13-16/h2-8,13,22H,9-12,14H2,1H3,(H,23,24). The summed E-state index contributed by atoms with van der Waals surface area (Å²) in [7, 11) is 0. The van der Waals surface area contributed by atoms with Crippen LogP contribution in [-0.4, -0.2) is 25.7 Å². The second-order valence-electron chi connectivity index (χ2n) is 6.47. The van der Waals surface area contributed by atoms with Crippen molar-refractivity contribution in [1.29, 1.82) is 0 Å². The molecule has 2 aromatic rings. The van der Waals surface area contributed by atoms with Crippen LogP contribution in [0.5, 0.6) is 0 Å². The fourth-order valence-electron chi connectivity index (χ4n) is 3.17. The van der Waals surface area contributed by atoms with Crippen LogP contribution in [0.4, 0.5) is 5.69 Å². The van der Waals surface area contributed by atoms with Gasteiger partial charge in [0.25, 0.3) is 0 Å². The number of hydrogen-bond donors (Lipinski definition) is 2. The van der Waals surface area contributed by atoms with E-state index in [0.29, 0.717) is 13.2 Å². The topological polar surface area (TPSA) is 50.4 Å². The van der Waals surface area contributed by atoms with Gasteiger partial charge >= 0.3 is 0 Å². The lowest BCUT2D eigenvalue weighted by Gasteiger charge is -2.38. The molecular formula is C20H23BrN2O2. The molecule has 1 fully saturated rings. The highest BCUT2D eigenvalue weighted by Gasteiger charge is 2.34. The molecule has 0 saturated carbocycles. The van der Waals surface area contributed by atoms with Crippen LogP contribution in [0.15, 0.2) is 53.0 Å². The lowest BCUT2D eigenvalue weighted by atomic mass is 9.82. The van der Waals surface area contributed by atoms with Gasteiger partial charge in [-0.3, -0.25) is 10.1 Å². The molecule has 2 aromatic carbocycles. The van der Waals surface area contributed by atoms with Crippen LogP contribution < -0.4 is 10.6 Å². The van der Waals surface area contributed by atoms with E-state index < -0.39 is 0 Å². The lowest BCUT2D eigenvalue weighted by Crippen LogP contribution is -2.49. The molecule has 0 aliphatic carbocycles. The SMILES string of the molecule is Cc1ccc(NC(=O)CNC2(c3cccc(Br)c3)CCOCC2)cc1. The lowest BCUT2D eigenvalue weighted by molar-refractivity contribution is -0.116. The summed E-state index contributed by atoms with van der Waals surface area (Å²) >= 11 is 3.54. The number of benzene rings is 2. The number of ether oxygens (including phenoxy) is 1. The van der Waals surface area contributed by atoms with Crippen molar-refractivity contribution in [2.45, 2.75) is 25.3 Å². The van der Waals surface area contributed by atoms with Gasteiger partial charge in [-0.05, 0) is 49.6 Å². The molecule has 1 heterocycles. The average Bonchev–Trinajstić information content (AvgIpc) is 2.63. The molecule has 2 N–H and O–H groups in total. The fourth-order valence-corrected chi connectivity index (χ4v) is 3.56. The van der Waals surface area contributed by atoms with E-state index in [1.165, 1.54) is 11.1 Å². The van der Waals surface area contributed by atoms with Crippen molar-refractivity contribution >= 4 is 27.5 Å². The van der Waals surface area contributed by atoms with Crippen LogP contribution in [0, 0.1) is 6.92 Å². The van der Waals surface area contributed by atoms with Gasteiger partial charge in [-0.1, -0.05) is 45.8 Å². The summed E-state index contributed by atoms with van der Waals surface area (Å²) in [5, 5.41) is 6.44. The summed E-state index contributed by atoms with van der Waals surface area (Å²) in [6, 6.07) is 16.1. The predicted molar refractivity (Wildman–Crippen MR) is 104 cm³/mol. The highest BCUT2D eigenvalue weighted by atomic mass is 79.9. The van der Waals surface area contributed by atoms with Crippen molar-refractivity contribution in [1.82, 2.24) is 5.32 Å². The van der Waals surface area contributed by atoms with E-state index in [1.807, 2.05) is 43.3 Å². The first-order valence-corrected chi connectivity index (χ1v) is 9.32. The summed E-state index contributed by atoms with van der Waals surface area (Å²) in [6.07, 6.45) is 1.70. The number of aryl methyl sites for hydroxylation is 1. The minimum atomic E-state index is -0.230. The first kappa shape index (κ1) is 18.1. The number of hydrogen-bond acceptors (Lipinski definition) is 3. The van der Waals surface area contributed by atoms with Crippen LogP contribution >= 0.6 is 15.9 Å². The molecule has 0 atom stereocenters. The number of anilines is 1. The Balaban J connectivity index is 1.68. The molecular weight excluding hydrogens is 380 g/mol. The zero-order valence-electron chi connectivity index (χ0n) is 14.3. The third kappa shape index (κ3) is 4.69. The smallest absolute Gasteiger partial charge is 0.238 e. The predicted octanol–water partition coefficient (Wildman–Crippen LogP) is 3.99. The van der Waals surface area contributed by atoms with E-state index in [1.54, 1.807) is 0 Å². The van der Waals surface area contributed by atoms with Gasteiger partial charge in [-0.2, -0.15) is 0 Å². The molecule has 0 unspecified atom stereocenters. The zero-order valence-corrected chi connectivity index (χ0v) is 15.9. The number of carbonyl (C=O) groups is 1. The third-order valence-electron chi connectivity index (χ3n) is 4.65. The van der Waals surface area contributed by atoms with Crippen molar-refractivity contribution in [3.8, 4) is 0 Å². The van der Waals surface area contributed by atoms with E-state index in [9.17, 15) is 4.79 Å². The van der Waals surface area contributed by atoms with Gasteiger partial charge < -0.3 is 10.1 Å². The molecule has 132 valence electrons. The van der Waals surface area contributed by atoms with Gasteiger partial charge in [0.2, 0.25) is 5.91 Å². The molecule has 1 aliphatic rings. The molecule has 0 bridgehead atoms. The molecule has 4 nitrogen and oxygen atoms in total. The quantitative estimate of drug-likeness (QED) is 0.794. The van der Waals surface area contributed by atoms with Crippen LogP contribution in [-0.2, 0) is 15.1 Å². The van der Waals surface area contributed by atoms with Gasteiger partial charge in [0.1, 0.15) is 0 Å². The van der Waals surface area contributed by atoms with E-state index in [2.05, 4.69) is 38.7 Å². The molecule has 3 rings (SSSR count). The van der Waals surface area contributed by atoms with Crippen molar-refractivity contribution in [2.75, 3.05) is 25.1 Å². The maximum absolute atomic E-state index is 12.4. The highest BCUT2D eigenvalue weighted by Crippen LogP contribution is 2.33. The zero-order chi connectivity index (χ0) is 17.7. The summed E-state index contributed by atoms with van der Waals surface area (Å²) < 4.78 is 6.58. The number of halogens is 1. The van der Waals surface area contributed by atoms with E-state index in [-0.39, 0.29) is 18.0 Å². The summed E-state index contributed by atoms with van der Waals surface area (Å²) in [4.78, 5) is 12.4. The maximum Gasteiger partial charge on any atom is 0.238 e. The monoisotopic (exact) mass is 402 g/mol. The van der Waals surface area contributed by atoms with Gasteiger partial charge in [-0.25, -0.2) is 0 Å². The van der Waals surface area contributed by atoms with Crippen molar-refractivity contribution < 1.29 is 9.53 Å². The van der Waals surface area contributed by atoms with Crippen molar-refractivity contribution in [3.05, 3.63) is 64.1 Å². The fraction of sp³-hybridized carbons (Fsp3) is 0.350. The minimum absolute atomic E-state index is 0.0373. The van der Waals surface area contributed by atoms with Gasteiger partial charge in [0.15, 0.2) is 0 Å². The van der Waals surface area contributed by atoms with Crippen molar-refractivity contribution in [3.63, 3.8) is 0 Å². The Kier molecular flexibility index (Phi) is 5.89. The Bertz CT molecular complexity index is 725. The Labute approximate surface area is 157 Å². The summed E-state index contributed by atoms with van der Waals surface area (Å²) in [5.74, 6) is -0.0373. The molecule has 5 heteroatoms. The molecule has 1 aliphatic heterocycles. The van der Waals surface area contributed by atoms with E-state index in [4.69, 9.17) is 4.74 Å². The maximum atomic E-state index is 12.4. The van der Waals surface area contributed by atoms with Crippen molar-refractivity contribution in [2.24, 2.45) is 0 Å². The largest absolute Gasteiger partial charge is 0.381 e. The molecule has 0 radical (unpaired) electrons. The summed E-state index contributed by atoms with van der Waals surface area (Å²) in [6.45, 7) is 3.68. The Morgan fingerprint density at radius 1 is 1.16 bits per heavy atom. The molecule has 25 heavy (non-hydrogen) atoms. The Hall–Kier alpha value is -1.69. The van der Waals surface area contributed by atoms with Crippen LogP contribution in [0.25, 0.3) is 0 Å². The van der Waals surface area contributed by atoms with Gasteiger partial charge in [0.05, 0.1) is 6.54 Å². The third-order valence-corrected chi connectivity index (χ3v) is 5.14. The van der Waals surface area contributed by atoms with Gasteiger partial charge in [-0.15, -0.1) is 0 Å². The first-order valence-electron chi connectivity index (χ1n) is 8.53. The molecule has 0 spiro atoms. The number of carbonyl (C=O) groups excluding carboxylic acids is 1. The van der Waals surface area contributed by atoms with Gasteiger partial charge in [0, 0.05) is 28.9 Å². The van der Waals surface area contributed by atoms with E-state index in [0.717, 1.165) is 23.0 Å². The second-order valence-corrected chi connectivity index (χ2v) is 7.39. The number of rotatable bonds is 5. The molecule has 0 aromatic heterocycles. The van der Waals surface area contributed by atoms with Crippen LogP contribution in [0.1, 0.15) is 24.0 Å². The highest BCUT2D eigenvalue weighted by molar-refractivity contribution is 9.10. The van der Waals surface area contributed by atoms with Crippen LogP contribution in [0.2, 0.25) is 0 Å². The molecule has 1 amide bonds. The minimum Gasteiger partial charge on any atom is -0.381 e. The van der Waals surface area contributed by atoms with Crippen LogP contribution in [0.3, 0.4) is 0 Å². The number of amides is 1. The van der Waals surface area contributed by atoms with E-state index >= 15 is 0 Å². The first-order chi connectivity index (χ1) is 12.1. The Morgan fingerprint density at radius 2 is 1.88 bits per heavy atom.